The van der Waals surface area contributed by atoms with Crippen molar-refractivity contribution < 1.29 is 46.1 Å². The summed E-state index contributed by atoms with van der Waals surface area (Å²) in [5, 5.41) is 1.54. The van der Waals surface area contributed by atoms with Crippen molar-refractivity contribution in [1.29, 1.82) is 0 Å². The number of halogens is 4. The van der Waals surface area contributed by atoms with Gasteiger partial charge in [0.1, 0.15) is 0 Å². The fourth-order valence-electron chi connectivity index (χ4n) is 8.09. The summed E-state index contributed by atoms with van der Waals surface area (Å²) in [5.41, 5.74) is 14.2. The van der Waals surface area contributed by atoms with Crippen LogP contribution in [0.4, 0.5) is 0 Å². The maximum absolute atomic E-state index is 6.82. The van der Waals surface area contributed by atoms with Gasteiger partial charge in [0.2, 0.25) is 0 Å². The van der Waals surface area contributed by atoms with E-state index in [1.165, 1.54) is 47.7 Å². The van der Waals surface area contributed by atoms with E-state index in [1.807, 2.05) is 12.1 Å². The van der Waals surface area contributed by atoms with Gasteiger partial charge in [-0.2, -0.15) is 0 Å². The summed E-state index contributed by atoms with van der Waals surface area (Å²) in [6.45, 7) is 28.8. The van der Waals surface area contributed by atoms with Crippen molar-refractivity contribution in [3.05, 3.63) is 143 Å². The van der Waals surface area contributed by atoms with Crippen LogP contribution in [0.2, 0.25) is 10.0 Å². The van der Waals surface area contributed by atoms with E-state index in [0.717, 1.165) is 22.9 Å². The Bertz CT molecular complexity index is 2050. The van der Waals surface area contributed by atoms with Crippen LogP contribution in [0.15, 0.2) is 88.2 Å². The topological polar surface area (TPSA) is 0 Å². The first-order valence-electron chi connectivity index (χ1n) is 18.2. The molecule has 4 aromatic rings. The molecule has 2 aliphatic rings. The van der Waals surface area contributed by atoms with Crippen LogP contribution in [0.5, 0.6) is 0 Å². The second-order valence-electron chi connectivity index (χ2n) is 18.5. The van der Waals surface area contributed by atoms with Crippen LogP contribution in [0.25, 0.3) is 11.1 Å². The SMILES string of the molecule is CC(C)(C)c1cc2c(cc1C(C)(C)C)-c1cc(C(C)(C)C)c(C(C)(C)C)[c]([Zr+2]([C]3=CC=CC3)=[C](c3cccc(Cl)c3)c3cccc(Cl)c3)c1C2.[Cl-].[Cl-]. The Morgan fingerprint density at radius 3 is 1.54 bits per heavy atom. The van der Waals surface area contributed by atoms with Gasteiger partial charge in [-0.3, -0.25) is 0 Å². The van der Waals surface area contributed by atoms with Gasteiger partial charge < -0.3 is 24.8 Å². The van der Waals surface area contributed by atoms with Gasteiger partial charge in [0, 0.05) is 0 Å². The predicted molar refractivity (Wildman–Crippen MR) is 217 cm³/mol. The normalized spacial score (nSPS) is 13.8. The molecule has 0 atom stereocenters. The number of hydrogen-bond donors (Lipinski definition) is 0. The summed E-state index contributed by atoms with van der Waals surface area (Å²) in [5.74, 6) is 0. The van der Waals surface area contributed by atoms with Crippen molar-refractivity contribution in [2.75, 3.05) is 0 Å². The zero-order valence-electron chi connectivity index (χ0n) is 33.0. The Balaban J connectivity index is 0.00000302. The van der Waals surface area contributed by atoms with Gasteiger partial charge in [0.15, 0.2) is 0 Å². The molecule has 5 heteroatoms. The van der Waals surface area contributed by atoms with E-state index in [-0.39, 0.29) is 46.5 Å². The number of fused-ring (bicyclic) bond motifs is 3. The van der Waals surface area contributed by atoms with Gasteiger partial charge in [0.05, 0.1) is 0 Å². The number of rotatable bonds is 4. The van der Waals surface area contributed by atoms with Crippen molar-refractivity contribution in [1.82, 2.24) is 0 Å². The summed E-state index contributed by atoms with van der Waals surface area (Å²) in [6, 6.07) is 24.9. The van der Waals surface area contributed by atoms with Crippen molar-refractivity contribution in [2.45, 2.75) is 118 Å². The fraction of sp³-hybridized carbons (Fsp3) is 0.383. The molecule has 274 valence electrons. The van der Waals surface area contributed by atoms with Crippen LogP contribution >= 0.6 is 23.2 Å². The Morgan fingerprint density at radius 1 is 0.596 bits per heavy atom. The molecule has 2 aliphatic carbocycles. The average Bonchev–Trinajstić information content (AvgIpc) is 3.64. The second-order valence-corrected chi connectivity index (χ2v) is 25.3. The van der Waals surface area contributed by atoms with Crippen LogP contribution in [-0.4, -0.2) is 3.21 Å². The van der Waals surface area contributed by atoms with Gasteiger partial charge in [-0.1, -0.05) is 0 Å². The van der Waals surface area contributed by atoms with Crippen LogP contribution in [0.1, 0.15) is 134 Å². The number of benzene rings is 4. The monoisotopic (exact) mass is 848 g/mol. The molecule has 0 bridgehead atoms. The fourth-order valence-corrected chi connectivity index (χ4v) is 17.4. The molecule has 4 aromatic carbocycles. The molecule has 0 saturated carbocycles. The summed E-state index contributed by atoms with van der Waals surface area (Å²) >= 11 is 10.6. The predicted octanol–water partition coefficient (Wildman–Crippen LogP) is 7.12. The van der Waals surface area contributed by atoms with E-state index in [9.17, 15) is 0 Å². The molecule has 6 rings (SSSR count). The third-order valence-electron chi connectivity index (χ3n) is 10.3. The van der Waals surface area contributed by atoms with E-state index < -0.39 is 21.3 Å². The molecule has 0 unspecified atom stereocenters. The van der Waals surface area contributed by atoms with Gasteiger partial charge >= 0.3 is 322 Å². The maximum atomic E-state index is 6.82. The Labute approximate surface area is 344 Å². The Kier molecular flexibility index (Phi) is 12.8. The zero-order chi connectivity index (χ0) is 36.6. The maximum Gasteiger partial charge on any atom is -1.00 e. The van der Waals surface area contributed by atoms with Gasteiger partial charge in [-0.25, -0.2) is 0 Å². The first-order chi connectivity index (χ1) is 23.2. The second kappa shape index (κ2) is 15.4. The van der Waals surface area contributed by atoms with Gasteiger partial charge in [-0.05, 0) is 0 Å². The zero-order valence-corrected chi connectivity index (χ0v) is 38.5. The molecule has 0 heterocycles. The largest absolute Gasteiger partial charge is 1.00 e. The first kappa shape index (κ1) is 43.0. The van der Waals surface area contributed by atoms with Crippen LogP contribution < -0.4 is 28.1 Å². The van der Waals surface area contributed by atoms with Crippen molar-refractivity contribution in [3.8, 4) is 11.1 Å². The molecule has 52 heavy (non-hydrogen) atoms. The van der Waals surface area contributed by atoms with Crippen LogP contribution in [0, 0.1) is 0 Å². The molecular formula is C47H54Cl4Zr. The summed E-state index contributed by atoms with van der Waals surface area (Å²) in [6.07, 6.45) is 9.04. The van der Waals surface area contributed by atoms with E-state index in [4.69, 9.17) is 23.2 Å². The molecule has 0 nitrogen and oxygen atoms in total. The van der Waals surface area contributed by atoms with Crippen LogP contribution in [0.3, 0.4) is 0 Å². The Morgan fingerprint density at radius 2 is 1.10 bits per heavy atom. The van der Waals surface area contributed by atoms with Crippen LogP contribution in [-0.2, 0) is 49.3 Å². The molecule has 0 aromatic heterocycles. The molecule has 0 saturated heterocycles. The summed E-state index contributed by atoms with van der Waals surface area (Å²) in [4.78, 5) is 0. The summed E-state index contributed by atoms with van der Waals surface area (Å²) in [7, 11) is 0. The Hall–Kier alpha value is -1.73. The average molecular weight is 852 g/mol. The van der Waals surface area contributed by atoms with E-state index in [2.05, 4.69) is 156 Å². The molecule has 0 N–H and O–H groups in total. The van der Waals surface area contributed by atoms with Gasteiger partial charge in [0.25, 0.3) is 0 Å². The number of hydrogen-bond acceptors (Lipinski definition) is 0. The molecule has 0 amide bonds. The summed E-state index contributed by atoms with van der Waals surface area (Å²) < 4.78 is 4.70. The molecular weight excluding hydrogens is 798 g/mol. The van der Waals surface area contributed by atoms with Crippen molar-refractivity contribution in [3.63, 3.8) is 0 Å². The minimum atomic E-state index is -3.06. The minimum Gasteiger partial charge on any atom is -1.00 e. The standard InChI is InChI=1S/C29H41.C13H8Cl2.C5H5.2ClH.Zr/c1-26(2,3)22-14-18-13-19-15-23(27(4,5)6)25(29(10,11)12)17-21(19)20(18)16-24(22)28(7,8)9;14-12-5-1-3-10(8-12)7-11-4-2-6-13(15)9-11;1-2-4-5-3-1;;;/h14,16-17H,13H2,1-12H3;1-6,8-9H;1-3H,4H2;2*1H;/q;;;;;+2/p-2. The van der Waals surface area contributed by atoms with Gasteiger partial charge in [-0.15, -0.1) is 0 Å². The molecule has 0 aliphatic heterocycles. The van der Waals surface area contributed by atoms with E-state index >= 15 is 0 Å². The third-order valence-corrected chi connectivity index (χ3v) is 18.5. The first-order valence-corrected chi connectivity index (χ1v) is 22.6. The van der Waals surface area contributed by atoms with E-state index in [1.54, 1.807) is 17.7 Å². The molecule has 0 radical (unpaired) electrons. The molecule has 0 fully saturated rings. The van der Waals surface area contributed by atoms with E-state index in [0.29, 0.717) is 0 Å². The van der Waals surface area contributed by atoms with Crippen molar-refractivity contribution >= 4 is 29.7 Å². The quantitative estimate of drug-likeness (QED) is 0.181. The minimum absolute atomic E-state index is 0. The van der Waals surface area contributed by atoms with Crippen molar-refractivity contribution in [2.24, 2.45) is 0 Å². The number of allylic oxidation sites excluding steroid dienone is 4. The third kappa shape index (κ3) is 8.41. The molecule has 0 spiro atoms. The smallest absolute Gasteiger partial charge is 1.00 e.